The first-order valence-electron chi connectivity index (χ1n) is 6.42. The minimum Gasteiger partial charge on any atom is -0.339 e. The van der Waals surface area contributed by atoms with Crippen LogP contribution in [0.2, 0.25) is 0 Å². The number of carbonyl (C=O) groups is 1. The number of carbonyl (C=O) groups excluding carboxylic acids is 1. The second kappa shape index (κ2) is 4.52. The predicted molar refractivity (Wildman–Crippen MR) is 70.9 cm³/mol. The van der Waals surface area contributed by atoms with Crippen LogP contribution in [0.25, 0.3) is 0 Å². The Morgan fingerprint density at radius 2 is 1.89 bits per heavy atom. The average molecular weight is 303 g/mol. The van der Waals surface area contributed by atoms with Crippen molar-refractivity contribution in [3.8, 4) is 0 Å². The van der Waals surface area contributed by atoms with E-state index in [2.05, 4.69) is 0 Å². The first-order valence-corrected chi connectivity index (χ1v) is 8.73. The molecule has 104 valence electrons. The van der Waals surface area contributed by atoms with Gasteiger partial charge in [0.1, 0.15) is 10.6 Å². The SMILES string of the molecule is O=C(c1cc(S(=O)(=O)Cl)cn1C1CC1)N1CCCC1. The van der Waals surface area contributed by atoms with Crippen molar-refractivity contribution in [2.75, 3.05) is 13.1 Å². The molecule has 1 saturated carbocycles. The molecule has 2 heterocycles. The second-order valence-corrected chi connectivity index (χ2v) is 7.70. The summed E-state index contributed by atoms with van der Waals surface area (Å²) < 4.78 is 24.6. The third kappa shape index (κ3) is 2.51. The maximum absolute atomic E-state index is 12.4. The highest BCUT2D eigenvalue weighted by Gasteiger charge is 2.32. The van der Waals surface area contributed by atoms with Crippen molar-refractivity contribution >= 4 is 25.6 Å². The van der Waals surface area contributed by atoms with Gasteiger partial charge in [-0.3, -0.25) is 4.79 Å². The first-order chi connectivity index (χ1) is 8.97. The molecular formula is C12H15ClN2O3S. The van der Waals surface area contributed by atoms with Crippen LogP contribution in [0.15, 0.2) is 17.2 Å². The lowest BCUT2D eigenvalue weighted by atomic mass is 10.3. The molecule has 3 rings (SSSR count). The molecule has 1 aromatic heterocycles. The van der Waals surface area contributed by atoms with Crippen LogP contribution in [-0.2, 0) is 9.05 Å². The zero-order valence-corrected chi connectivity index (χ0v) is 12.0. The van der Waals surface area contributed by atoms with Gasteiger partial charge in [0.15, 0.2) is 0 Å². The molecule has 7 heteroatoms. The van der Waals surface area contributed by atoms with E-state index in [0.717, 1.165) is 38.8 Å². The molecule has 1 saturated heterocycles. The Balaban J connectivity index is 1.99. The summed E-state index contributed by atoms with van der Waals surface area (Å²) in [6.45, 7) is 1.50. The second-order valence-electron chi connectivity index (χ2n) is 5.14. The van der Waals surface area contributed by atoms with Crippen molar-refractivity contribution in [2.45, 2.75) is 36.6 Å². The quantitative estimate of drug-likeness (QED) is 0.802. The van der Waals surface area contributed by atoms with Crippen molar-refractivity contribution in [3.63, 3.8) is 0 Å². The lowest BCUT2D eigenvalue weighted by Crippen LogP contribution is -2.29. The molecule has 0 atom stereocenters. The molecule has 0 N–H and O–H groups in total. The van der Waals surface area contributed by atoms with Gasteiger partial charge in [0.25, 0.3) is 15.0 Å². The van der Waals surface area contributed by atoms with Crippen molar-refractivity contribution in [1.29, 1.82) is 0 Å². The summed E-state index contributed by atoms with van der Waals surface area (Å²) in [5.74, 6) is -0.0871. The van der Waals surface area contributed by atoms with Crippen molar-refractivity contribution in [1.82, 2.24) is 9.47 Å². The van der Waals surface area contributed by atoms with Crippen LogP contribution in [0.5, 0.6) is 0 Å². The number of hydrogen-bond acceptors (Lipinski definition) is 3. The van der Waals surface area contributed by atoms with Crippen LogP contribution >= 0.6 is 10.7 Å². The molecule has 1 aromatic rings. The number of amides is 1. The highest BCUT2D eigenvalue weighted by Crippen LogP contribution is 2.38. The Morgan fingerprint density at radius 3 is 2.42 bits per heavy atom. The van der Waals surface area contributed by atoms with Gasteiger partial charge in [-0.15, -0.1) is 0 Å². The maximum atomic E-state index is 12.4. The number of likely N-dealkylation sites (tertiary alicyclic amines) is 1. The maximum Gasteiger partial charge on any atom is 0.270 e. The Labute approximate surface area is 116 Å². The summed E-state index contributed by atoms with van der Waals surface area (Å²) in [6.07, 6.45) is 5.48. The van der Waals surface area contributed by atoms with Crippen LogP contribution in [0.4, 0.5) is 0 Å². The Morgan fingerprint density at radius 1 is 1.26 bits per heavy atom. The van der Waals surface area contributed by atoms with Crippen LogP contribution in [0.3, 0.4) is 0 Å². The molecule has 0 unspecified atom stereocenters. The molecule has 2 fully saturated rings. The molecule has 1 aliphatic carbocycles. The van der Waals surface area contributed by atoms with Crippen LogP contribution in [0.1, 0.15) is 42.2 Å². The number of hydrogen-bond donors (Lipinski definition) is 0. The van der Waals surface area contributed by atoms with Gasteiger partial charge in [0.2, 0.25) is 0 Å². The molecule has 0 spiro atoms. The predicted octanol–water partition coefficient (Wildman–Crippen LogP) is 1.99. The van der Waals surface area contributed by atoms with E-state index < -0.39 is 9.05 Å². The fraction of sp³-hybridized carbons (Fsp3) is 0.583. The summed E-state index contributed by atoms with van der Waals surface area (Å²) >= 11 is 0. The van der Waals surface area contributed by atoms with E-state index in [1.54, 1.807) is 9.47 Å². The molecular weight excluding hydrogens is 288 g/mol. The van der Waals surface area contributed by atoms with E-state index in [9.17, 15) is 13.2 Å². The van der Waals surface area contributed by atoms with Gasteiger partial charge in [-0.25, -0.2) is 8.42 Å². The highest BCUT2D eigenvalue weighted by molar-refractivity contribution is 8.13. The minimum atomic E-state index is -3.79. The molecule has 1 amide bonds. The Kier molecular flexibility index (Phi) is 3.09. The summed E-state index contributed by atoms with van der Waals surface area (Å²) in [6, 6.07) is 1.65. The highest BCUT2D eigenvalue weighted by atomic mass is 35.7. The van der Waals surface area contributed by atoms with E-state index in [4.69, 9.17) is 10.7 Å². The van der Waals surface area contributed by atoms with Gasteiger partial charge in [-0.05, 0) is 31.7 Å². The summed E-state index contributed by atoms with van der Waals surface area (Å²) in [5.41, 5.74) is 0.448. The lowest BCUT2D eigenvalue weighted by Gasteiger charge is -2.16. The summed E-state index contributed by atoms with van der Waals surface area (Å²) in [5, 5.41) is 0. The van der Waals surface area contributed by atoms with Gasteiger partial charge < -0.3 is 9.47 Å². The van der Waals surface area contributed by atoms with Gasteiger partial charge in [-0.2, -0.15) is 0 Å². The van der Waals surface area contributed by atoms with Crippen molar-refractivity contribution in [2.24, 2.45) is 0 Å². The summed E-state index contributed by atoms with van der Waals surface area (Å²) in [4.78, 5) is 14.2. The number of halogens is 1. The number of rotatable bonds is 3. The standard InChI is InChI=1S/C12H15ClN2O3S/c13-19(17,18)10-7-11(15(8-10)9-3-4-9)12(16)14-5-1-2-6-14/h7-9H,1-6H2. The molecule has 5 nitrogen and oxygen atoms in total. The molecule has 2 aliphatic rings. The average Bonchev–Trinajstić information content (AvgIpc) is 2.90. The Hall–Kier alpha value is -1.01. The van der Waals surface area contributed by atoms with Crippen molar-refractivity contribution in [3.05, 3.63) is 18.0 Å². The molecule has 0 bridgehead atoms. The van der Waals surface area contributed by atoms with Gasteiger partial charge in [0.05, 0.1) is 0 Å². The fourth-order valence-electron chi connectivity index (χ4n) is 2.50. The van der Waals surface area contributed by atoms with E-state index in [1.165, 1.54) is 12.3 Å². The molecule has 19 heavy (non-hydrogen) atoms. The van der Waals surface area contributed by atoms with Crippen molar-refractivity contribution < 1.29 is 13.2 Å². The minimum absolute atomic E-state index is 0.0172. The monoisotopic (exact) mass is 302 g/mol. The third-order valence-corrected chi connectivity index (χ3v) is 4.98. The van der Waals surface area contributed by atoms with E-state index in [0.29, 0.717) is 5.69 Å². The van der Waals surface area contributed by atoms with E-state index >= 15 is 0 Å². The van der Waals surface area contributed by atoms with Gasteiger partial charge >= 0.3 is 0 Å². The number of aromatic nitrogens is 1. The van der Waals surface area contributed by atoms with Crippen LogP contribution < -0.4 is 0 Å². The zero-order valence-electron chi connectivity index (χ0n) is 10.4. The third-order valence-electron chi connectivity index (χ3n) is 3.66. The van der Waals surface area contributed by atoms with E-state index in [1.807, 2.05) is 0 Å². The van der Waals surface area contributed by atoms with E-state index in [-0.39, 0.29) is 16.8 Å². The van der Waals surface area contributed by atoms with Crippen LogP contribution in [-0.4, -0.2) is 36.9 Å². The molecule has 0 aromatic carbocycles. The number of nitrogens with zero attached hydrogens (tertiary/aromatic N) is 2. The smallest absolute Gasteiger partial charge is 0.270 e. The Bertz CT molecular complexity index is 613. The first kappa shape index (κ1) is 13.0. The lowest BCUT2D eigenvalue weighted by molar-refractivity contribution is 0.0782. The van der Waals surface area contributed by atoms with Gasteiger partial charge in [0, 0.05) is 36.0 Å². The largest absolute Gasteiger partial charge is 0.339 e. The fourth-order valence-corrected chi connectivity index (χ4v) is 3.24. The normalized spacial score (nSPS) is 19.9. The topological polar surface area (TPSA) is 59.4 Å². The van der Waals surface area contributed by atoms with Gasteiger partial charge in [-0.1, -0.05) is 0 Å². The van der Waals surface area contributed by atoms with Crippen LogP contribution in [0, 0.1) is 0 Å². The zero-order chi connectivity index (χ0) is 13.6. The molecule has 0 radical (unpaired) electrons. The molecule has 1 aliphatic heterocycles. The summed E-state index contributed by atoms with van der Waals surface area (Å²) in [7, 11) is 1.58.